The maximum Gasteiger partial charge on any atom is 0.198 e. The number of hydrogen-bond acceptors (Lipinski definition) is 2. The molecule has 0 saturated carbocycles. The summed E-state index contributed by atoms with van der Waals surface area (Å²) >= 11 is 3.71. The summed E-state index contributed by atoms with van der Waals surface area (Å²) < 4.78 is 6.42. The fraction of sp³-hybridized carbons (Fsp3) is 0.0455. The lowest BCUT2D eigenvalue weighted by Gasteiger charge is -2.14. The molecule has 3 heteroatoms. The highest BCUT2D eigenvalue weighted by Gasteiger charge is 2.21. The van der Waals surface area contributed by atoms with Gasteiger partial charge in [0.15, 0.2) is 5.78 Å². The largest absolute Gasteiger partial charge is 0.496 e. The van der Waals surface area contributed by atoms with Crippen LogP contribution in [0, 0.1) is 0 Å². The summed E-state index contributed by atoms with van der Waals surface area (Å²) in [6, 6.07) is 23.3. The van der Waals surface area contributed by atoms with Crippen LogP contribution in [0.4, 0.5) is 0 Å². The van der Waals surface area contributed by atoms with Crippen LogP contribution in [0.25, 0.3) is 21.5 Å². The molecule has 0 spiro atoms. The van der Waals surface area contributed by atoms with Crippen molar-refractivity contribution in [3.8, 4) is 5.75 Å². The van der Waals surface area contributed by atoms with Gasteiger partial charge in [-0.05, 0) is 49.6 Å². The quantitative estimate of drug-likeness (QED) is 0.317. The van der Waals surface area contributed by atoms with Gasteiger partial charge in [0.05, 0.1) is 12.7 Å². The Labute approximate surface area is 154 Å². The summed E-state index contributed by atoms with van der Waals surface area (Å²) in [5.74, 6) is 0.556. The van der Waals surface area contributed by atoms with E-state index in [0.717, 1.165) is 26.0 Å². The lowest BCUT2D eigenvalue weighted by Crippen LogP contribution is -2.06. The number of carbonyl (C=O) groups is 1. The Kier molecular flexibility index (Phi) is 4.02. The lowest BCUT2D eigenvalue weighted by atomic mass is 9.91. The predicted molar refractivity (Wildman–Crippen MR) is 106 cm³/mol. The van der Waals surface area contributed by atoms with E-state index in [0.29, 0.717) is 16.9 Å². The third-order valence-corrected chi connectivity index (χ3v) is 5.30. The molecular weight excluding hydrogens is 376 g/mol. The second kappa shape index (κ2) is 6.34. The van der Waals surface area contributed by atoms with Gasteiger partial charge in [-0.3, -0.25) is 4.79 Å². The molecule has 0 aliphatic rings. The first kappa shape index (κ1) is 15.9. The van der Waals surface area contributed by atoms with Crippen LogP contribution >= 0.6 is 15.9 Å². The van der Waals surface area contributed by atoms with Crippen molar-refractivity contribution in [2.45, 2.75) is 0 Å². The predicted octanol–water partition coefficient (Wildman–Crippen LogP) is 6.00. The number of benzene rings is 4. The summed E-state index contributed by atoms with van der Waals surface area (Å²) in [6.07, 6.45) is 0. The third-order valence-electron chi connectivity index (χ3n) is 4.44. The van der Waals surface area contributed by atoms with Crippen molar-refractivity contribution in [1.29, 1.82) is 0 Å². The molecule has 0 fully saturated rings. The van der Waals surface area contributed by atoms with Crippen molar-refractivity contribution in [2.75, 3.05) is 7.11 Å². The van der Waals surface area contributed by atoms with E-state index in [1.165, 1.54) is 0 Å². The molecule has 0 unspecified atom stereocenters. The maximum atomic E-state index is 13.5. The number of methoxy groups -OCH3 is 1. The highest BCUT2D eigenvalue weighted by Crippen LogP contribution is 2.38. The monoisotopic (exact) mass is 390 g/mol. The van der Waals surface area contributed by atoms with Gasteiger partial charge in [0.2, 0.25) is 0 Å². The zero-order valence-corrected chi connectivity index (χ0v) is 15.2. The number of ketones is 1. The Morgan fingerprint density at radius 2 is 1.24 bits per heavy atom. The maximum absolute atomic E-state index is 13.5. The Hall–Kier alpha value is -2.65. The minimum Gasteiger partial charge on any atom is -0.496 e. The molecule has 25 heavy (non-hydrogen) atoms. The Morgan fingerprint density at radius 1 is 0.760 bits per heavy atom. The van der Waals surface area contributed by atoms with Gasteiger partial charge in [-0.15, -0.1) is 0 Å². The Bertz CT molecular complexity index is 1060. The van der Waals surface area contributed by atoms with Crippen molar-refractivity contribution in [3.63, 3.8) is 0 Å². The summed E-state index contributed by atoms with van der Waals surface area (Å²) in [5.41, 5.74) is 1.28. The fourth-order valence-electron chi connectivity index (χ4n) is 3.29. The highest BCUT2D eigenvalue weighted by atomic mass is 79.9. The molecule has 0 amide bonds. The number of para-hydroxylation sites is 1. The molecule has 4 aromatic rings. The fourth-order valence-corrected chi connectivity index (χ4v) is 3.98. The molecule has 0 aliphatic carbocycles. The number of ether oxygens (including phenoxy) is 1. The summed E-state index contributed by atoms with van der Waals surface area (Å²) in [5, 5.41) is 3.92. The van der Waals surface area contributed by atoms with Crippen LogP contribution in [-0.2, 0) is 0 Å². The van der Waals surface area contributed by atoms with E-state index >= 15 is 0 Å². The number of fused-ring (bicyclic) bond motifs is 2. The second-order valence-electron chi connectivity index (χ2n) is 5.81. The molecule has 4 aromatic carbocycles. The first-order valence-corrected chi connectivity index (χ1v) is 8.78. The second-order valence-corrected chi connectivity index (χ2v) is 6.60. The minimum absolute atomic E-state index is 0.0302. The van der Waals surface area contributed by atoms with Crippen molar-refractivity contribution < 1.29 is 9.53 Å². The van der Waals surface area contributed by atoms with E-state index < -0.39 is 0 Å². The van der Waals surface area contributed by atoms with Gasteiger partial charge in [0.25, 0.3) is 0 Å². The number of hydrogen-bond donors (Lipinski definition) is 0. The van der Waals surface area contributed by atoms with Crippen molar-refractivity contribution in [1.82, 2.24) is 0 Å². The van der Waals surface area contributed by atoms with E-state index in [4.69, 9.17) is 4.74 Å². The molecule has 4 rings (SSSR count). The van der Waals surface area contributed by atoms with Crippen LogP contribution in [0.1, 0.15) is 15.9 Å². The first-order chi connectivity index (χ1) is 12.2. The van der Waals surface area contributed by atoms with E-state index in [-0.39, 0.29) is 5.78 Å². The number of rotatable bonds is 3. The Morgan fingerprint density at radius 3 is 1.80 bits per heavy atom. The molecule has 0 aliphatic heterocycles. The van der Waals surface area contributed by atoms with Gasteiger partial charge in [0.1, 0.15) is 5.75 Å². The van der Waals surface area contributed by atoms with Crippen LogP contribution in [0.15, 0.2) is 77.3 Å². The molecule has 0 radical (unpaired) electrons. The Balaban J connectivity index is 2.12. The molecule has 2 nitrogen and oxygen atoms in total. The van der Waals surface area contributed by atoms with Crippen LogP contribution in [0.5, 0.6) is 5.75 Å². The van der Waals surface area contributed by atoms with E-state index in [9.17, 15) is 4.79 Å². The molecule has 0 N–H and O–H groups in total. The minimum atomic E-state index is -0.0302. The first-order valence-electron chi connectivity index (χ1n) is 7.99. The van der Waals surface area contributed by atoms with Crippen molar-refractivity contribution in [3.05, 3.63) is 88.4 Å². The van der Waals surface area contributed by atoms with E-state index in [2.05, 4.69) is 15.9 Å². The summed E-state index contributed by atoms with van der Waals surface area (Å²) in [6.45, 7) is 0. The van der Waals surface area contributed by atoms with E-state index in [1.54, 1.807) is 7.11 Å². The van der Waals surface area contributed by atoms with Gasteiger partial charge in [-0.25, -0.2) is 0 Å². The standard InChI is InChI=1S/C22H15BrO2/c1-25-19-13-7-6-12-18(19)22(24)20-14-8-2-4-10-16(14)21(23)17-11-5-3-9-15(17)20/h2-13H,1H3. The average molecular weight is 391 g/mol. The SMILES string of the molecule is COc1ccccc1C(=O)c1c2ccccc2c(Br)c2ccccc12. The lowest BCUT2D eigenvalue weighted by molar-refractivity contribution is 0.103. The van der Waals surface area contributed by atoms with Crippen molar-refractivity contribution >= 4 is 43.3 Å². The topological polar surface area (TPSA) is 26.3 Å². The normalized spacial score (nSPS) is 11.0. The van der Waals surface area contributed by atoms with Gasteiger partial charge >= 0.3 is 0 Å². The smallest absolute Gasteiger partial charge is 0.198 e. The molecule has 0 heterocycles. The zero-order valence-electron chi connectivity index (χ0n) is 13.6. The van der Waals surface area contributed by atoms with Crippen LogP contribution in [0.2, 0.25) is 0 Å². The van der Waals surface area contributed by atoms with Crippen LogP contribution in [-0.4, -0.2) is 12.9 Å². The van der Waals surface area contributed by atoms with Gasteiger partial charge < -0.3 is 4.74 Å². The average Bonchev–Trinajstić information content (AvgIpc) is 2.68. The van der Waals surface area contributed by atoms with Gasteiger partial charge in [-0.1, -0.05) is 60.7 Å². The van der Waals surface area contributed by atoms with E-state index in [1.807, 2.05) is 72.8 Å². The van der Waals surface area contributed by atoms with Crippen LogP contribution < -0.4 is 4.74 Å². The summed E-state index contributed by atoms with van der Waals surface area (Å²) in [7, 11) is 1.59. The molecule has 122 valence electrons. The summed E-state index contributed by atoms with van der Waals surface area (Å²) in [4.78, 5) is 13.5. The van der Waals surface area contributed by atoms with Gasteiger partial charge in [0, 0.05) is 10.0 Å². The zero-order chi connectivity index (χ0) is 17.4. The molecule has 0 saturated heterocycles. The van der Waals surface area contributed by atoms with Gasteiger partial charge in [-0.2, -0.15) is 0 Å². The molecule has 0 aromatic heterocycles. The molecule has 0 bridgehead atoms. The molecular formula is C22H15BrO2. The van der Waals surface area contributed by atoms with Crippen LogP contribution in [0.3, 0.4) is 0 Å². The third kappa shape index (κ3) is 2.52. The number of halogens is 1. The molecule has 0 atom stereocenters. The highest BCUT2D eigenvalue weighted by molar-refractivity contribution is 9.10. The number of carbonyl (C=O) groups excluding carboxylic acids is 1. The van der Waals surface area contributed by atoms with Crippen molar-refractivity contribution in [2.24, 2.45) is 0 Å².